The Morgan fingerprint density at radius 3 is 2.79 bits per heavy atom. The first kappa shape index (κ1) is 19.6. The number of nitrogens with zero attached hydrogens (tertiary/aromatic N) is 2. The Labute approximate surface area is 174 Å². The fourth-order valence-electron chi connectivity index (χ4n) is 3.93. The molecule has 1 aromatic heterocycles. The molecule has 0 spiro atoms. The van der Waals surface area contributed by atoms with Crippen molar-refractivity contribution in [3.8, 4) is 0 Å². The predicted molar refractivity (Wildman–Crippen MR) is 121 cm³/mol. The highest BCUT2D eigenvalue weighted by Crippen LogP contribution is 2.34. The quantitative estimate of drug-likeness (QED) is 0.689. The standard InChI is InChI=1S/C25H29N3O.H2/c1-15(22-14-26-24(28-17(22)3)27-16(2)18-6-7-18)19-8-9-21-20(12-19)10-11-25(4,5)13-23(21)29;/h8-12,14,16,18H,1,6-7,13H2,2-5H3,(H,26,27,28);1H/t16-;/m1./s1. The minimum absolute atomic E-state index is 0. The molecule has 1 aromatic carbocycles. The van der Waals surface area contributed by atoms with Crippen molar-refractivity contribution in [2.45, 2.75) is 53.0 Å². The van der Waals surface area contributed by atoms with Crippen LogP contribution in [-0.2, 0) is 0 Å². The molecule has 29 heavy (non-hydrogen) atoms. The summed E-state index contributed by atoms with van der Waals surface area (Å²) >= 11 is 0. The van der Waals surface area contributed by atoms with Crippen molar-refractivity contribution in [2.24, 2.45) is 11.3 Å². The third-order valence-electron chi connectivity index (χ3n) is 6.02. The number of benzene rings is 1. The molecule has 1 saturated carbocycles. The molecule has 2 aliphatic rings. The molecule has 0 amide bonds. The number of rotatable bonds is 5. The van der Waals surface area contributed by atoms with Gasteiger partial charge in [-0.05, 0) is 60.8 Å². The zero-order chi connectivity index (χ0) is 20.8. The minimum Gasteiger partial charge on any atom is -0.351 e. The third kappa shape index (κ3) is 4.16. The summed E-state index contributed by atoms with van der Waals surface area (Å²) in [6.07, 6.45) is 9.13. The Kier molecular flexibility index (Phi) is 4.89. The number of aromatic nitrogens is 2. The first-order chi connectivity index (χ1) is 13.7. The van der Waals surface area contributed by atoms with Crippen LogP contribution in [0, 0.1) is 18.3 Å². The lowest BCUT2D eigenvalue weighted by Gasteiger charge is -2.16. The maximum absolute atomic E-state index is 12.6. The Bertz CT molecular complexity index is 1020. The lowest BCUT2D eigenvalue weighted by atomic mass is 9.87. The number of ketones is 1. The van der Waals surface area contributed by atoms with Crippen LogP contribution in [-0.4, -0.2) is 21.8 Å². The molecule has 1 fully saturated rings. The maximum Gasteiger partial charge on any atom is 0.223 e. The SMILES string of the molecule is C=C(c1ccc2c(c1)C=CC(C)(C)CC2=O)c1cnc(N[C@H](C)C2CC2)nc1C.[HH]. The molecule has 0 aliphatic heterocycles. The van der Waals surface area contributed by atoms with Gasteiger partial charge in [-0.15, -0.1) is 0 Å². The van der Waals surface area contributed by atoms with E-state index >= 15 is 0 Å². The zero-order valence-corrected chi connectivity index (χ0v) is 17.7. The summed E-state index contributed by atoms with van der Waals surface area (Å²) < 4.78 is 0. The van der Waals surface area contributed by atoms with Crippen molar-refractivity contribution in [2.75, 3.05) is 5.32 Å². The van der Waals surface area contributed by atoms with Gasteiger partial charge in [0.1, 0.15) is 0 Å². The molecule has 0 unspecified atom stereocenters. The summed E-state index contributed by atoms with van der Waals surface area (Å²) in [6.45, 7) is 12.7. The van der Waals surface area contributed by atoms with E-state index in [-0.39, 0.29) is 12.6 Å². The van der Waals surface area contributed by atoms with Crippen LogP contribution in [0.15, 0.2) is 37.1 Å². The lowest BCUT2D eigenvalue weighted by Crippen LogP contribution is -2.19. The number of Topliss-reactive ketones (excluding diaryl/α,β-unsaturated/α-hetero) is 1. The van der Waals surface area contributed by atoms with Crippen LogP contribution in [0.25, 0.3) is 11.6 Å². The second-order valence-corrected chi connectivity index (χ2v) is 9.17. The van der Waals surface area contributed by atoms with E-state index in [0.717, 1.165) is 39.4 Å². The molecular weight excluding hydrogens is 358 g/mol. The summed E-state index contributed by atoms with van der Waals surface area (Å²) in [5, 5.41) is 3.41. The number of aryl methyl sites for hydroxylation is 1. The van der Waals surface area contributed by atoms with Gasteiger partial charge < -0.3 is 5.32 Å². The van der Waals surface area contributed by atoms with E-state index in [4.69, 9.17) is 0 Å². The highest BCUT2D eigenvalue weighted by molar-refractivity contribution is 6.01. The van der Waals surface area contributed by atoms with Gasteiger partial charge >= 0.3 is 0 Å². The van der Waals surface area contributed by atoms with Crippen molar-refractivity contribution in [3.63, 3.8) is 0 Å². The molecular formula is C25H31N3O. The second kappa shape index (κ2) is 7.25. The topological polar surface area (TPSA) is 54.9 Å². The highest BCUT2D eigenvalue weighted by atomic mass is 16.1. The number of hydrogen-bond acceptors (Lipinski definition) is 4. The maximum atomic E-state index is 12.6. The molecule has 152 valence electrons. The minimum atomic E-state index is -0.127. The molecule has 1 atom stereocenters. The van der Waals surface area contributed by atoms with Crippen LogP contribution < -0.4 is 5.32 Å². The first-order valence-electron chi connectivity index (χ1n) is 10.4. The summed E-state index contributed by atoms with van der Waals surface area (Å²) in [5.41, 5.74) is 5.30. The molecule has 2 aromatic rings. The summed E-state index contributed by atoms with van der Waals surface area (Å²) in [4.78, 5) is 21.8. The molecule has 0 bridgehead atoms. The van der Waals surface area contributed by atoms with Gasteiger partial charge in [0.05, 0.1) is 5.69 Å². The van der Waals surface area contributed by atoms with Gasteiger partial charge in [0, 0.05) is 31.2 Å². The summed E-state index contributed by atoms with van der Waals surface area (Å²) in [6, 6.07) is 6.36. The fraction of sp³-hybridized carbons (Fsp3) is 0.400. The van der Waals surface area contributed by atoms with Crippen LogP contribution in [0.2, 0.25) is 0 Å². The summed E-state index contributed by atoms with van der Waals surface area (Å²) in [7, 11) is 0. The average Bonchev–Trinajstić information content (AvgIpc) is 3.51. The Morgan fingerprint density at radius 1 is 1.34 bits per heavy atom. The molecule has 0 saturated heterocycles. The van der Waals surface area contributed by atoms with Crippen molar-refractivity contribution in [3.05, 3.63) is 65.0 Å². The van der Waals surface area contributed by atoms with Crippen molar-refractivity contribution in [1.29, 1.82) is 0 Å². The normalized spacial score (nSPS) is 18.7. The predicted octanol–water partition coefficient (Wildman–Crippen LogP) is 5.93. The van der Waals surface area contributed by atoms with Crippen molar-refractivity contribution < 1.29 is 6.22 Å². The van der Waals surface area contributed by atoms with Gasteiger partial charge in [0.25, 0.3) is 0 Å². The number of fused-ring (bicyclic) bond motifs is 1. The number of hydrogen-bond donors (Lipinski definition) is 1. The van der Waals surface area contributed by atoms with E-state index in [1.54, 1.807) is 0 Å². The van der Waals surface area contributed by atoms with E-state index in [1.165, 1.54) is 12.8 Å². The van der Waals surface area contributed by atoms with Gasteiger partial charge in [0.15, 0.2) is 5.78 Å². The van der Waals surface area contributed by atoms with Gasteiger partial charge in [-0.2, -0.15) is 0 Å². The Balaban J connectivity index is 0.00000256. The van der Waals surface area contributed by atoms with Gasteiger partial charge in [-0.25, -0.2) is 9.97 Å². The average molecular weight is 390 g/mol. The monoisotopic (exact) mass is 389 g/mol. The van der Waals surface area contributed by atoms with Crippen LogP contribution in [0.1, 0.15) is 74.2 Å². The molecule has 1 heterocycles. The Morgan fingerprint density at radius 2 is 2.10 bits per heavy atom. The summed E-state index contributed by atoms with van der Waals surface area (Å²) in [5.74, 6) is 1.61. The number of nitrogens with one attached hydrogen (secondary N) is 1. The van der Waals surface area contributed by atoms with E-state index < -0.39 is 0 Å². The number of allylic oxidation sites excluding steroid dienone is 1. The molecule has 1 N–H and O–H groups in total. The first-order valence-corrected chi connectivity index (χ1v) is 10.4. The lowest BCUT2D eigenvalue weighted by molar-refractivity contribution is 0.0951. The van der Waals surface area contributed by atoms with Gasteiger partial charge in [0.2, 0.25) is 5.95 Å². The van der Waals surface area contributed by atoms with E-state index in [2.05, 4.69) is 54.8 Å². The van der Waals surface area contributed by atoms with Gasteiger partial charge in [-0.1, -0.05) is 44.7 Å². The molecule has 0 radical (unpaired) electrons. The van der Waals surface area contributed by atoms with Crippen LogP contribution >= 0.6 is 0 Å². The van der Waals surface area contributed by atoms with Crippen LogP contribution in [0.4, 0.5) is 5.95 Å². The highest BCUT2D eigenvalue weighted by Gasteiger charge is 2.28. The Hall–Kier alpha value is -2.75. The largest absolute Gasteiger partial charge is 0.351 e. The van der Waals surface area contributed by atoms with Crippen molar-refractivity contribution in [1.82, 2.24) is 9.97 Å². The number of carbonyl (C=O) groups is 1. The number of carbonyl (C=O) groups excluding carboxylic acids is 1. The van der Waals surface area contributed by atoms with Crippen molar-refractivity contribution >= 4 is 23.4 Å². The molecule has 4 heteroatoms. The molecule has 4 rings (SSSR count). The molecule has 4 nitrogen and oxygen atoms in total. The van der Waals surface area contributed by atoms with Crippen LogP contribution in [0.5, 0.6) is 0 Å². The molecule has 2 aliphatic carbocycles. The van der Waals surface area contributed by atoms with E-state index in [1.807, 2.05) is 31.3 Å². The third-order valence-corrected chi connectivity index (χ3v) is 6.02. The van der Waals surface area contributed by atoms with E-state index in [9.17, 15) is 4.79 Å². The number of anilines is 1. The van der Waals surface area contributed by atoms with Gasteiger partial charge in [-0.3, -0.25) is 4.79 Å². The smallest absolute Gasteiger partial charge is 0.223 e. The van der Waals surface area contributed by atoms with Crippen LogP contribution in [0.3, 0.4) is 0 Å². The van der Waals surface area contributed by atoms with E-state index in [0.29, 0.717) is 18.4 Å². The second-order valence-electron chi connectivity index (χ2n) is 9.17. The zero-order valence-electron chi connectivity index (χ0n) is 17.7. The fourth-order valence-corrected chi connectivity index (χ4v) is 3.93.